The molecule has 0 amide bonds. The maximum absolute atomic E-state index is 6.08. The number of nitrogens with one attached hydrogen (secondary N) is 1. The molecular formula is C30H61NO3. The summed E-state index contributed by atoms with van der Waals surface area (Å²) in [7, 11) is 5.28. The predicted octanol–water partition coefficient (Wildman–Crippen LogP) is 8.77. The Hall–Kier alpha value is -0.160. The molecule has 1 saturated carbocycles. The highest BCUT2D eigenvalue weighted by molar-refractivity contribution is 4.92. The largest absolute Gasteiger partial charge is 0.330 e. The zero-order valence-corrected chi connectivity index (χ0v) is 23.9. The van der Waals surface area contributed by atoms with Crippen LogP contribution in [-0.4, -0.2) is 39.9 Å². The van der Waals surface area contributed by atoms with Gasteiger partial charge < -0.3 is 19.5 Å². The second kappa shape index (κ2) is 20.0. The van der Waals surface area contributed by atoms with Crippen molar-refractivity contribution in [2.24, 2.45) is 5.41 Å². The Bertz CT molecular complexity index is 440. The highest BCUT2D eigenvalue weighted by atomic mass is 16.9. The van der Waals surface area contributed by atoms with Gasteiger partial charge in [-0.05, 0) is 25.7 Å². The van der Waals surface area contributed by atoms with Crippen molar-refractivity contribution in [1.29, 1.82) is 0 Å². The van der Waals surface area contributed by atoms with Crippen LogP contribution in [0.5, 0.6) is 0 Å². The number of methoxy groups -OCH3 is 3. The van der Waals surface area contributed by atoms with Gasteiger partial charge in [0.05, 0.1) is 5.41 Å². The van der Waals surface area contributed by atoms with E-state index >= 15 is 0 Å². The van der Waals surface area contributed by atoms with Gasteiger partial charge >= 0.3 is 0 Å². The molecule has 0 saturated heterocycles. The minimum Gasteiger partial charge on any atom is -0.330 e. The van der Waals surface area contributed by atoms with Crippen LogP contribution in [0.3, 0.4) is 0 Å². The number of ether oxygens (including phenoxy) is 3. The van der Waals surface area contributed by atoms with Crippen LogP contribution in [0.2, 0.25) is 0 Å². The fraction of sp³-hybridized carbons (Fsp3) is 1.00. The van der Waals surface area contributed by atoms with E-state index in [1.165, 1.54) is 122 Å². The first-order chi connectivity index (χ1) is 16.6. The normalized spacial score (nSPS) is 17.2. The monoisotopic (exact) mass is 483 g/mol. The summed E-state index contributed by atoms with van der Waals surface area (Å²) in [5, 5.41) is 3.97. The van der Waals surface area contributed by atoms with E-state index in [0.717, 1.165) is 19.4 Å². The minimum atomic E-state index is -0.987. The summed E-state index contributed by atoms with van der Waals surface area (Å²) in [5.41, 5.74) is -0.171. The standard InChI is InChI=1S/C30H61NO3/c1-6-8-10-12-14-15-17-22-26-29(30(32-3,33-4)34-5,25-21-16-13-11-9-7-2)27-31-28-23-19-18-20-24-28/h28,31H,6-27H2,1-5H3. The third kappa shape index (κ3) is 11.3. The molecule has 0 aliphatic heterocycles. The highest BCUT2D eigenvalue weighted by Gasteiger charge is 2.53. The fourth-order valence-corrected chi connectivity index (χ4v) is 6.10. The first-order valence-corrected chi connectivity index (χ1v) is 15.0. The molecule has 0 aromatic heterocycles. The zero-order valence-electron chi connectivity index (χ0n) is 23.9. The number of hydrogen-bond acceptors (Lipinski definition) is 4. The predicted molar refractivity (Wildman–Crippen MR) is 146 cm³/mol. The van der Waals surface area contributed by atoms with Gasteiger partial charge in [0.1, 0.15) is 0 Å². The summed E-state index contributed by atoms with van der Waals surface area (Å²) < 4.78 is 18.2. The second-order valence-electron chi connectivity index (χ2n) is 10.9. The highest BCUT2D eigenvalue weighted by Crippen LogP contribution is 2.45. The van der Waals surface area contributed by atoms with Crippen molar-refractivity contribution in [3.63, 3.8) is 0 Å². The van der Waals surface area contributed by atoms with Gasteiger partial charge in [-0.25, -0.2) is 0 Å². The van der Waals surface area contributed by atoms with Crippen LogP contribution in [0.4, 0.5) is 0 Å². The van der Waals surface area contributed by atoms with Gasteiger partial charge in [-0.2, -0.15) is 0 Å². The lowest BCUT2D eigenvalue weighted by atomic mass is 9.74. The van der Waals surface area contributed by atoms with Crippen molar-refractivity contribution in [2.45, 2.75) is 161 Å². The van der Waals surface area contributed by atoms with Gasteiger partial charge in [-0.15, -0.1) is 0 Å². The Labute approximate surface area is 213 Å². The van der Waals surface area contributed by atoms with Gasteiger partial charge in [0.15, 0.2) is 0 Å². The SMILES string of the molecule is CCCCCCCCCCC(CCCCCCCC)(CNC1CCCCC1)C(OC)(OC)OC. The van der Waals surface area contributed by atoms with Crippen LogP contribution >= 0.6 is 0 Å². The molecule has 34 heavy (non-hydrogen) atoms. The molecule has 1 rings (SSSR count). The van der Waals surface area contributed by atoms with Crippen LogP contribution in [0, 0.1) is 5.41 Å². The van der Waals surface area contributed by atoms with E-state index in [1.807, 2.05) is 0 Å². The molecule has 1 atom stereocenters. The van der Waals surface area contributed by atoms with Crippen molar-refractivity contribution < 1.29 is 14.2 Å². The van der Waals surface area contributed by atoms with E-state index in [1.54, 1.807) is 21.3 Å². The lowest BCUT2D eigenvalue weighted by Crippen LogP contribution is -2.58. The summed E-state index contributed by atoms with van der Waals surface area (Å²) in [6.07, 6.45) is 27.4. The first-order valence-electron chi connectivity index (χ1n) is 15.0. The summed E-state index contributed by atoms with van der Waals surface area (Å²) in [6, 6.07) is 0.625. The van der Waals surface area contributed by atoms with Crippen molar-refractivity contribution in [3.8, 4) is 0 Å². The number of unbranched alkanes of at least 4 members (excludes halogenated alkanes) is 12. The van der Waals surface area contributed by atoms with Gasteiger partial charge in [-0.1, -0.05) is 123 Å². The number of hydrogen-bond donors (Lipinski definition) is 1. The molecule has 1 aliphatic carbocycles. The second-order valence-corrected chi connectivity index (χ2v) is 10.9. The Balaban J connectivity index is 2.84. The first kappa shape index (κ1) is 31.9. The summed E-state index contributed by atoms with van der Waals surface area (Å²) in [5.74, 6) is -0.987. The van der Waals surface area contributed by atoms with E-state index in [9.17, 15) is 0 Å². The molecule has 4 heteroatoms. The van der Waals surface area contributed by atoms with Gasteiger partial charge in [0, 0.05) is 33.9 Å². The average Bonchev–Trinajstić information content (AvgIpc) is 2.88. The Morgan fingerprint density at radius 1 is 0.588 bits per heavy atom. The average molecular weight is 484 g/mol. The molecule has 0 spiro atoms. The number of rotatable bonds is 23. The van der Waals surface area contributed by atoms with Crippen molar-refractivity contribution in [2.75, 3.05) is 27.9 Å². The molecule has 1 aliphatic rings. The van der Waals surface area contributed by atoms with Crippen molar-refractivity contribution >= 4 is 0 Å². The maximum atomic E-state index is 6.08. The molecule has 4 nitrogen and oxygen atoms in total. The summed E-state index contributed by atoms with van der Waals surface area (Å²) in [6.45, 7) is 5.49. The molecule has 204 valence electrons. The fourth-order valence-electron chi connectivity index (χ4n) is 6.10. The molecule has 1 unspecified atom stereocenters. The lowest BCUT2D eigenvalue weighted by molar-refractivity contribution is -0.409. The lowest BCUT2D eigenvalue weighted by Gasteiger charge is -2.48. The molecular weight excluding hydrogens is 422 g/mol. The van der Waals surface area contributed by atoms with E-state index in [-0.39, 0.29) is 5.41 Å². The van der Waals surface area contributed by atoms with Gasteiger partial charge in [0.25, 0.3) is 5.97 Å². The topological polar surface area (TPSA) is 39.7 Å². The van der Waals surface area contributed by atoms with E-state index in [2.05, 4.69) is 19.2 Å². The van der Waals surface area contributed by atoms with Crippen molar-refractivity contribution in [1.82, 2.24) is 5.32 Å². The van der Waals surface area contributed by atoms with Crippen LogP contribution in [0.1, 0.15) is 149 Å². The van der Waals surface area contributed by atoms with E-state index < -0.39 is 5.97 Å². The van der Waals surface area contributed by atoms with Gasteiger partial charge in [-0.3, -0.25) is 0 Å². The quantitative estimate of drug-likeness (QED) is 0.116. The van der Waals surface area contributed by atoms with E-state index in [4.69, 9.17) is 14.2 Å². The van der Waals surface area contributed by atoms with Crippen molar-refractivity contribution in [3.05, 3.63) is 0 Å². The molecule has 1 N–H and O–H groups in total. The molecule has 0 aromatic carbocycles. The molecule has 0 heterocycles. The third-order valence-corrected chi connectivity index (χ3v) is 8.31. The van der Waals surface area contributed by atoms with Crippen LogP contribution in [0.15, 0.2) is 0 Å². The zero-order chi connectivity index (χ0) is 25.0. The third-order valence-electron chi connectivity index (χ3n) is 8.31. The molecule has 0 aromatic rings. The summed E-state index contributed by atoms with van der Waals surface area (Å²) >= 11 is 0. The summed E-state index contributed by atoms with van der Waals surface area (Å²) in [4.78, 5) is 0. The smallest absolute Gasteiger partial charge is 0.289 e. The molecule has 0 bridgehead atoms. The van der Waals surface area contributed by atoms with Crippen LogP contribution in [-0.2, 0) is 14.2 Å². The Morgan fingerprint density at radius 3 is 1.41 bits per heavy atom. The molecule has 1 fully saturated rings. The Morgan fingerprint density at radius 2 is 1.00 bits per heavy atom. The van der Waals surface area contributed by atoms with E-state index in [0.29, 0.717) is 6.04 Å². The maximum Gasteiger partial charge on any atom is 0.289 e. The molecule has 0 radical (unpaired) electrons. The van der Waals surface area contributed by atoms with Gasteiger partial charge in [0.2, 0.25) is 0 Å². The minimum absolute atomic E-state index is 0.171. The van der Waals surface area contributed by atoms with Crippen LogP contribution < -0.4 is 5.32 Å². The van der Waals surface area contributed by atoms with Crippen LogP contribution in [0.25, 0.3) is 0 Å². The Kier molecular flexibility index (Phi) is 18.7.